The Labute approximate surface area is 277 Å². The molecule has 0 aliphatic carbocycles. The Balaban J connectivity index is 1.17. The minimum atomic E-state index is -0.523. The topological polar surface area (TPSA) is 119 Å². The summed E-state index contributed by atoms with van der Waals surface area (Å²) in [4.78, 5) is 57.9. The molecule has 2 aliphatic rings. The fourth-order valence-corrected chi connectivity index (χ4v) is 8.81. The Bertz CT molecular complexity index is 3720. The van der Waals surface area contributed by atoms with Crippen LogP contribution in [-0.2, 0) is 0 Å². The van der Waals surface area contributed by atoms with Crippen LogP contribution < -0.4 is 27.3 Å². The highest BCUT2D eigenvalue weighted by Gasteiger charge is 2.33. The Morgan fingerprint density at radius 2 is 1.00 bits per heavy atom. The molecule has 0 N–H and O–H groups in total. The first-order valence-corrected chi connectivity index (χ1v) is 16.5. The van der Waals surface area contributed by atoms with E-state index in [1.807, 2.05) is 72.8 Å². The van der Waals surface area contributed by atoms with Crippen molar-refractivity contribution in [2.75, 3.05) is 0 Å². The largest absolute Gasteiger partial charge is 0.269 e. The van der Waals surface area contributed by atoms with Crippen molar-refractivity contribution in [2.45, 2.75) is 12.3 Å². The van der Waals surface area contributed by atoms with E-state index in [4.69, 9.17) is 29.9 Å². The quantitative estimate of drug-likeness (QED) is 0.173. The molecule has 0 bridgehead atoms. The summed E-state index contributed by atoms with van der Waals surface area (Å²) in [5, 5.41) is 12.3. The maximum absolute atomic E-state index is 14.3. The molecule has 13 rings (SSSR count). The Kier molecular flexibility index (Phi) is 4.11. The van der Waals surface area contributed by atoms with Crippen molar-refractivity contribution in [1.82, 2.24) is 23.9 Å². The molecule has 0 radical (unpaired) electrons. The van der Waals surface area contributed by atoms with E-state index in [9.17, 15) is 9.59 Å². The number of benzene rings is 7. The lowest BCUT2D eigenvalue weighted by Crippen LogP contribution is -2.39. The molecule has 230 valence electrons. The standard InChI is InChI=1S/C40H18N8O2/c49-39-23-15-11-19-18-10-14-22-32-24(40(50)48-36(22)46-34-38(48)44-28-8-4-2-6-26(28)42-34)16-12-20(30(18)32)17-9-13-21(31(23)29(17)19)35-45-33-37(47(35)39)43-27-7-3-1-5-25(27)41-33/h1-16,33,37H. The molecule has 0 spiro atoms. The second kappa shape index (κ2) is 8.19. The molecule has 0 fully saturated rings. The van der Waals surface area contributed by atoms with Crippen molar-refractivity contribution in [3.8, 4) is 0 Å². The average Bonchev–Trinajstić information content (AvgIpc) is 3.72. The Hall–Kier alpha value is -6.94. The van der Waals surface area contributed by atoms with Crippen molar-refractivity contribution in [3.63, 3.8) is 0 Å². The van der Waals surface area contributed by atoms with Gasteiger partial charge in [-0.3, -0.25) is 24.1 Å². The van der Waals surface area contributed by atoms with E-state index in [0.717, 1.165) is 70.1 Å². The van der Waals surface area contributed by atoms with E-state index in [1.165, 1.54) is 0 Å². The minimum absolute atomic E-state index is 0.124. The molecule has 2 atom stereocenters. The first-order chi connectivity index (χ1) is 24.6. The van der Waals surface area contributed by atoms with E-state index >= 15 is 0 Å². The van der Waals surface area contributed by atoms with Gasteiger partial charge in [-0.25, -0.2) is 24.3 Å². The van der Waals surface area contributed by atoms with Crippen molar-refractivity contribution < 1.29 is 0 Å². The maximum Gasteiger partial charge on any atom is 0.266 e. The minimum Gasteiger partial charge on any atom is -0.269 e. The summed E-state index contributed by atoms with van der Waals surface area (Å²) >= 11 is 0. The number of aromatic nitrogens is 5. The van der Waals surface area contributed by atoms with E-state index < -0.39 is 12.3 Å². The highest BCUT2D eigenvalue weighted by atomic mass is 16.1. The molecule has 4 aromatic heterocycles. The van der Waals surface area contributed by atoms with Gasteiger partial charge < -0.3 is 0 Å². The normalized spacial score (nSPS) is 17.0. The van der Waals surface area contributed by atoms with Gasteiger partial charge in [0.1, 0.15) is 5.49 Å². The molecule has 11 aromatic rings. The second-order valence-corrected chi connectivity index (χ2v) is 13.3. The first kappa shape index (κ1) is 25.1. The molecule has 0 saturated heterocycles. The van der Waals surface area contributed by atoms with Gasteiger partial charge in [0.25, 0.3) is 11.1 Å². The summed E-state index contributed by atoms with van der Waals surface area (Å²) in [6.45, 7) is 0. The summed E-state index contributed by atoms with van der Waals surface area (Å²) in [5.41, 5.74) is 3.17. The fourth-order valence-electron chi connectivity index (χ4n) is 8.81. The van der Waals surface area contributed by atoms with Crippen LogP contribution in [0.5, 0.6) is 0 Å². The van der Waals surface area contributed by atoms with Gasteiger partial charge >= 0.3 is 0 Å². The molecule has 10 nitrogen and oxygen atoms in total. The number of hydrogen-bond donors (Lipinski definition) is 0. The number of pyridine rings is 2. The van der Waals surface area contributed by atoms with Gasteiger partial charge in [-0.1, -0.05) is 48.5 Å². The lowest BCUT2D eigenvalue weighted by atomic mass is 9.86. The number of fused-ring (bicyclic) bond motifs is 12. The zero-order chi connectivity index (χ0) is 32.6. The van der Waals surface area contributed by atoms with E-state index in [2.05, 4.69) is 24.3 Å². The van der Waals surface area contributed by atoms with E-state index in [-0.39, 0.29) is 11.1 Å². The molecule has 6 heterocycles. The lowest BCUT2D eigenvalue weighted by molar-refractivity contribution is 0.438. The second-order valence-electron chi connectivity index (χ2n) is 13.3. The monoisotopic (exact) mass is 642 g/mol. The molecule has 2 aliphatic heterocycles. The third kappa shape index (κ3) is 2.74. The highest BCUT2D eigenvalue weighted by molar-refractivity contribution is 6.40. The Morgan fingerprint density at radius 3 is 1.72 bits per heavy atom. The summed E-state index contributed by atoms with van der Waals surface area (Å²) in [7, 11) is 0. The number of imidazole rings is 1. The van der Waals surface area contributed by atoms with Crippen LogP contribution in [0.2, 0.25) is 0 Å². The van der Waals surface area contributed by atoms with Crippen molar-refractivity contribution in [1.29, 1.82) is 0 Å². The molecule has 0 saturated carbocycles. The SMILES string of the molecule is O=c1c2ccc3c4ccc5c6c(ccc(c7ccc(c8n1C1N=c9ccccc9=NC1N=8)c2c73)c46)c(=O)n1c2nc3ccccc3nc2nc51. The van der Waals surface area contributed by atoms with Crippen molar-refractivity contribution in [3.05, 3.63) is 134 Å². The van der Waals surface area contributed by atoms with Gasteiger partial charge in [-0.2, -0.15) is 0 Å². The number of hydrogen-bond acceptors (Lipinski definition) is 8. The fraction of sp³-hybridized carbons (Fsp3) is 0.0500. The van der Waals surface area contributed by atoms with E-state index in [0.29, 0.717) is 38.7 Å². The van der Waals surface area contributed by atoms with Crippen LogP contribution in [0.3, 0.4) is 0 Å². The zero-order valence-electron chi connectivity index (χ0n) is 25.8. The van der Waals surface area contributed by atoms with E-state index in [1.54, 1.807) is 8.97 Å². The molecular weight excluding hydrogens is 624 g/mol. The van der Waals surface area contributed by atoms with Crippen LogP contribution in [0.4, 0.5) is 0 Å². The lowest BCUT2D eigenvalue weighted by Gasteiger charge is -2.19. The third-order valence-electron chi connectivity index (χ3n) is 10.9. The van der Waals surface area contributed by atoms with Gasteiger partial charge in [0.05, 0.1) is 21.7 Å². The van der Waals surface area contributed by atoms with Gasteiger partial charge in [0.2, 0.25) is 0 Å². The average molecular weight is 643 g/mol. The summed E-state index contributed by atoms with van der Waals surface area (Å²) < 4.78 is 3.32. The predicted molar refractivity (Wildman–Crippen MR) is 192 cm³/mol. The highest BCUT2D eigenvalue weighted by Crippen LogP contribution is 2.45. The van der Waals surface area contributed by atoms with Crippen LogP contribution in [0.1, 0.15) is 6.17 Å². The molecule has 2 unspecified atom stereocenters. The number of rotatable bonds is 0. The Morgan fingerprint density at radius 1 is 0.460 bits per heavy atom. The zero-order valence-corrected chi connectivity index (χ0v) is 25.8. The van der Waals surface area contributed by atoms with Crippen LogP contribution in [0, 0.1) is 0 Å². The molecular formula is C40H18N8O2. The molecule has 10 heteroatoms. The first-order valence-electron chi connectivity index (χ1n) is 16.5. The van der Waals surface area contributed by atoms with Gasteiger partial charge in [0, 0.05) is 32.3 Å². The van der Waals surface area contributed by atoms with Crippen LogP contribution in [0.25, 0.3) is 92.6 Å². The van der Waals surface area contributed by atoms with Crippen LogP contribution >= 0.6 is 0 Å². The van der Waals surface area contributed by atoms with Crippen molar-refractivity contribution >= 4 is 92.6 Å². The third-order valence-corrected chi connectivity index (χ3v) is 10.9. The molecule has 50 heavy (non-hydrogen) atoms. The maximum atomic E-state index is 14.3. The van der Waals surface area contributed by atoms with Crippen molar-refractivity contribution in [2.24, 2.45) is 15.0 Å². The smallest absolute Gasteiger partial charge is 0.266 e. The van der Waals surface area contributed by atoms with Crippen LogP contribution in [0.15, 0.2) is 122 Å². The molecule has 7 aromatic carbocycles. The number of para-hydroxylation sites is 4. The van der Waals surface area contributed by atoms with Gasteiger partial charge in [-0.15, -0.1) is 0 Å². The van der Waals surface area contributed by atoms with Gasteiger partial charge in [0.15, 0.2) is 29.3 Å². The summed E-state index contributed by atoms with van der Waals surface area (Å²) in [6.07, 6.45) is -1.02. The molecule has 0 amide bonds. The van der Waals surface area contributed by atoms with Gasteiger partial charge in [-0.05, 0) is 80.8 Å². The number of nitrogens with zero attached hydrogens (tertiary/aromatic N) is 8. The predicted octanol–water partition coefficient (Wildman–Crippen LogP) is 4.88. The van der Waals surface area contributed by atoms with Crippen LogP contribution in [-0.4, -0.2) is 30.1 Å². The summed E-state index contributed by atoms with van der Waals surface area (Å²) in [5.74, 6) is 0. The summed E-state index contributed by atoms with van der Waals surface area (Å²) in [6, 6.07) is 31.6.